The van der Waals surface area contributed by atoms with Gasteiger partial charge < -0.3 is 0 Å². The lowest BCUT2D eigenvalue weighted by molar-refractivity contribution is -0.137. The molecular weight excluding hydrogens is 225 g/mol. The van der Waals surface area contributed by atoms with Crippen molar-refractivity contribution >= 4 is 6.08 Å². The summed E-state index contributed by atoms with van der Waals surface area (Å²) in [6, 6.07) is 4.56. The van der Waals surface area contributed by atoms with Crippen LogP contribution in [0.3, 0.4) is 0 Å². The summed E-state index contributed by atoms with van der Waals surface area (Å²) in [5.41, 5.74) is 2.74. The van der Waals surface area contributed by atoms with Gasteiger partial charge in [0.05, 0.1) is 5.56 Å². The zero-order chi connectivity index (χ0) is 12.5. The van der Waals surface area contributed by atoms with E-state index in [1.807, 2.05) is 0 Å². The highest BCUT2D eigenvalue weighted by Crippen LogP contribution is 2.40. The fourth-order valence-corrected chi connectivity index (χ4v) is 2.05. The second-order valence-electron chi connectivity index (χ2n) is 4.32. The summed E-state index contributed by atoms with van der Waals surface area (Å²) >= 11 is 0. The molecule has 0 bridgehead atoms. The van der Waals surface area contributed by atoms with Crippen LogP contribution in [0.1, 0.15) is 41.9 Å². The normalized spacial score (nSPS) is 16.2. The third-order valence-electron chi connectivity index (χ3n) is 3.22. The third kappa shape index (κ3) is 2.45. The average Bonchev–Trinajstić information content (AvgIpc) is 2.16. The molecule has 1 fully saturated rings. The Hall–Kier alpha value is -1.47. The number of hydrogen-bond donors (Lipinski definition) is 0. The van der Waals surface area contributed by atoms with Crippen LogP contribution in [0.15, 0.2) is 30.5 Å². The van der Waals surface area contributed by atoms with E-state index in [1.54, 1.807) is 6.07 Å². The van der Waals surface area contributed by atoms with Gasteiger partial charge in [0, 0.05) is 0 Å². The Morgan fingerprint density at radius 3 is 2.47 bits per heavy atom. The van der Waals surface area contributed by atoms with Gasteiger partial charge in [0.15, 0.2) is 0 Å². The van der Waals surface area contributed by atoms with Crippen LogP contribution in [0, 0.1) is 0 Å². The van der Waals surface area contributed by atoms with Crippen molar-refractivity contribution in [3.8, 4) is 0 Å². The zero-order valence-electron chi connectivity index (χ0n) is 9.35. The van der Waals surface area contributed by atoms with E-state index in [0.717, 1.165) is 24.8 Å². The predicted octanol–water partition coefficient (Wildman–Crippen LogP) is 4.77. The predicted molar refractivity (Wildman–Crippen MR) is 61.6 cm³/mol. The van der Waals surface area contributed by atoms with Crippen molar-refractivity contribution in [2.75, 3.05) is 0 Å². The third-order valence-corrected chi connectivity index (χ3v) is 3.22. The van der Waals surface area contributed by atoms with Crippen molar-refractivity contribution in [3.63, 3.8) is 0 Å². The van der Waals surface area contributed by atoms with E-state index in [1.165, 1.54) is 18.2 Å². The van der Waals surface area contributed by atoms with Crippen LogP contribution in [-0.2, 0) is 6.18 Å². The van der Waals surface area contributed by atoms with Gasteiger partial charge in [0.2, 0.25) is 0 Å². The molecule has 1 saturated carbocycles. The molecule has 0 nitrogen and oxygen atoms in total. The monoisotopic (exact) mass is 238 g/mol. The van der Waals surface area contributed by atoms with Crippen LogP contribution in [-0.4, -0.2) is 0 Å². The molecule has 17 heavy (non-hydrogen) atoms. The Bertz CT molecular complexity index is 461. The molecule has 0 N–H and O–H groups in total. The molecule has 0 spiro atoms. The van der Waals surface area contributed by atoms with E-state index < -0.39 is 11.7 Å². The van der Waals surface area contributed by atoms with Crippen molar-refractivity contribution in [2.24, 2.45) is 0 Å². The number of rotatable bonds is 2. The molecule has 0 aromatic heterocycles. The summed E-state index contributed by atoms with van der Waals surface area (Å²) in [6.45, 7) is 3.32. The largest absolute Gasteiger partial charge is 0.417 e. The van der Waals surface area contributed by atoms with Crippen molar-refractivity contribution in [1.29, 1.82) is 0 Å². The Balaban J connectivity index is 2.45. The molecule has 1 aromatic carbocycles. The van der Waals surface area contributed by atoms with Gasteiger partial charge in [-0.2, -0.15) is 13.2 Å². The van der Waals surface area contributed by atoms with Crippen LogP contribution in [0.5, 0.6) is 0 Å². The lowest BCUT2D eigenvalue weighted by Gasteiger charge is -2.26. The van der Waals surface area contributed by atoms with E-state index in [0.29, 0.717) is 5.92 Å². The van der Waals surface area contributed by atoms with Gasteiger partial charge in [-0.25, -0.2) is 0 Å². The summed E-state index contributed by atoms with van der Waals surface area (Å²) in [7, 11) is 0. The lowest BCUT2D eigenvalue weighted by Crippen LogP contribution is -2.12. The van der Waals surface area contributed by atoms with Crippen molar-refractivity contribution in [3.05, 3.63) is 47.2 Å². The van der Waals surface area contributed by atoms with Gasteiger partial charge >= 0.3 is 6.18 Å². The highest BCUT2D eigenvalue weighted by molar-refractivity contribution is 5.55. The number of hydrogen-bond acceptors (Lipinski definition) is 0. The first kappa shape index (κ1) is 12.0. The highest BCUT2D eigenvalue weighted by Gasteiger charge is 2.34. The van der Waals surface area contributed by atoms with Crippen LogP contribution in [0.4, 0.5) is 13.2 Å². The van der Waals surface area contributed by atoms with E-state index >= 15 is 0 Å². The van der Waals surface area contributed by atoms with E-state index in [2.05, 4.69) is 12.3 Å². The Labute approximate surface area is 98.5 Å². The number of halogens is 3. The van der Waals surface area contributed by atoms with Crippen LogP contribution in [0.25, 0.3) is 6.08 Å². The van der Waals surface area contributed by atoms with E-state index in [4.69, 9.17) is 0 Å². The first-order valence-corrected chi connectivity index (χ1v) is 5.59. The molecule has 2 rings (SSSR count). The molecule has 0 amide bonds. The molecule has 0 unspecified atom stereocenters. The van der Waals surface area contributed by atoms with Gasteiger partial charge in [-0.15, -0.1) is 5.73 Å². The van der Waals surface area contributed by atoms with Gasteiger partial charge in [0.25, 0.3) is 0 Å². The number of benzene rings is 1. The van der Waals surface area contributed by atoms with Crippen molar-refractivity contribution in [1.82, 2.24) is 0 Å². The maximum absolute atomic E-state index is 12.9. The number of alkyl halides is 3. The molecule has 90 valence electrons. The standard InChI is InChI=1S/C14H13F3/c1-2-4-11-7-8-12(10-5-3-6-10)9-13(11)14(15,16)17/h4,7-10H,1,3,5-6H2. The van der Waals surface area contributed by atoms with Gasteiger partial charge in [-0.05, 0) is 42.0 Å². The minimum atomic E-state index is -4.32. The maximum atomic E-state index is 12.9. The molecule has 0 saturated heterocycles. The van der Waals surface area contributed by atoms with Crippen molar-refractivity contribution in [2.45, 2.75) is 31.4 Å². The van der Waals surface area contributed by atoms with Crippen LogP contribution < -0.4 is 0 Å². The Morgan fingerprint density at radius 1 is 1.29 bits per heavy atom. The second-order valence-corrected chi connectivity index (χ2v) is 4.32. The summed E-state index contributed by atoms with van der Waals surface area (Å²) in [5.74, 6) is 0.304. The summed E-state index contributed by atoms with van der Waals surface area (Å²) < 4.78 is 38.6. The summed E-state index contributed by atoms with van der Waals surface area (Å²) in [4.78, 5) is 0. The molecule has 1 aromatic rings. The van der Waals surface area contributed by atoms with Gasteiger partial charge in [-0.1, -0.05) is 25.1 Å². The summed E-state index contributed by atoms with van der Waals surface area (Å²) in [5, 5.41) is 0. The lowest BCUT2D eigenvalue weighted by atomic mass is 9.79. The first-order chi connectivity index (χ1) is 8.02. The van der Waals surface area contributed by atoms with Crippen LogP contribution >= 0.6 is 0 Å². The molecule has 1 aliphatic rings. The van der Waals surface area contributed by atoms with Crippen molar-refractivity contribution < 1.29 is 13.2 Å². The van der Waals surface area contributed by atoms with E-state index in [9.17, 15) is 13.2 Å². The molecule has 1 aliphatic carbocycles. The second kappa shape index (κ2) is 4.42. The molecule has 3 heteroatoms. The smallest absolute Gasteiger partial charge is 0.166 e. The molecular formula is C14H13F3. The maximum Gasteiger partial charge on any atom is 0.417 e. The highest BCUT2D eigenvalue weighted by atomic mass is 19.4. The minimum Gasteiger partial charge on any atom is -0.166 e. The summed E-state index contributed by atoms with van der Waals surface area (Å²) in [6.07, 6.45) is 0.0536. The SMILES string of the molecule is C=C=Cc1ccc(C2CCC2)cc1C(F)(F)F. The van der Waals surface area contributed by atoms with Gasteiger partial charge in [-0.3, -0.25) is 0 Å². The molecule has 0 aliphatic heterocycles. The molecule has 0 radical (unpaired) electrons. The molecule has 0 heterocycles. The quantitative estimate of drug-likeness (QED) is 0.651. The average molecular weight is 238 g/mol. The topological polar surface area (TPSA) is 0 Å². The van der Waals surface area contributed by atoms with Crippen LogP contribution in [0.2, 0.25) is 0 Å². The first-order valence-electron chi connectivity index (χ1n) is 5.59. The van der Waals surface area contributed by atoms with Gasteiger partial charge in [0.1, 0.15) is 0 Å². The zero-order valence-corrected chi connectivity index (χ0v) is 9.35. The Kier molecular flexibility index (Phi) is 3.12. The fourth-order valence-electron chi connectivity index (χ4n) is 2.05. The Morgan fingerprint density at radius 2 is 2.00 bits per heavy atom. The molecule has 0 atom stereocenters. The minimum absolute atomic E-state index is 0.135. The fraction of sp³-hybridized carbons (Fsp3) is 0.357. The van der Waals surface area contributed by atoms with E-state index in [-0.39, 0.29) is 5.56 Å².